The summed E-state index contributed by atoms with van der Waals surface area (Å²) in [6.45, 7) is 2.02. The molecule has 1 amide bonds. The van der Waals surface area contributed by atoms with Crippen LogP contribution in [-0.2, 0) is 4.79 Å². The molecule has 2 saturated carbocycles. The molecule has 0 aromatic carbocycles. The quantitative estimate of drug-likeness (QED) is 0.847. The van der Waals surface area contributed by atoms with E-state index in [1.54, 1.807) is 0 Å². The van der Waals surface area contributed by atoms with Crippen LogP contribution in [0.25, 0.3) is 0 Å². The average molecular weight is 292 g/mol. The predicted octanol–water partition coefficient (Wildman–Crippen LogP) is 3.47. The summed E-state index contributed by atoms with van der Waals surface area (Å²) in [7, 11) is 0. The van der Waals surface area contributed by atoms with Crippen LogP contribution in [0.2, 0.25) is 0 Å². The van der Waals surface area contributed by atoms with Gasteiger partial charge in [-0.05, 0) is 49.9 Å². The number of carbonyl (C=O) groups is 1. The van der Waals surface area contributed by atoms with E-state index in [2.05, 4.69) is 4.90 Å². The molecule has 1 spiro atoms. The van der Waals surface area contributed by atoms with Crippen LogP contribution in [0.15, 0.2) is 0 Å². The molecule has 1 heterocycles. The Balaban J connectivity index is 1.58. The minimum atomic E-state index is 0.269. The zero-order valence-electron chi connectivity index (χ0n) is 13.5. The van der Waals surface area contributed by atoms with E-state index in [0.717, 1.165) is 25.9 Å². The van der Waals surface area contributed by atoms with Crippen LogP contribution in [0.5, 0.6) is 0 Å². The van der Waals surface area contributed by atoms with E-state index in [1.807, 2.05) is 0 Å². The van der Waals surface area contributed by atoms with Crippen LogP contribution in [-0.4, -0.2) is 29.9 Å². The molecule has 0 aromatic rings. The Morgan fingerprint density at radius 1 is 1.00 bits per heavy atom. The Morgan fingerprint density at radius 3 is 2.38 bits per heavy atom. The SMILES string of the molecule is N[C@@H]1CCC[C@H]1CC(=O)N1CCCC2(CCCCCC2)C1. The fraction of sp³-hybridized carbons (Fsp3) is 0.944. The lowest BCUT2D eigenvalue weighted by molar-refractivity contribution is -0.136. The molecule has 1 aliphatic heterocycles. The van der Waals surface area contributed by atoms with Gasteiger partial charge in [-0.1, -0.05) is 32.1 Å². The lowest BCUT2D eigenvalue weighted by Gasteiger charge is -2.43. The number of nitrogens with zero attached hydrogens (tertiary/aromatic N) is 1. The smallest absolute Gasteiger partial charge is 0.222 e. The lowest BCUT2D eigenvalue weighted by atomic mass is 9.74. The van der Waals surface area contributed by atoms with Crippen LogP contribution in [0.3, 0.4) is 0 Å². The molecule has 0 radical (unpaired) electrons. The van der Waals surface area contributed by atoms with Crippen molar-refractivity contribution in [3.63, 3.8) is 0 Å². The molecule has 21 heavy (non-hydrogen) atoms. The number of amides is 1. The van der Waals surface area contributed by atoms with Gasteiger partial charge in [-0.25, -0.2) is 0 Å². The molecule has 3 aliphatic rings. The van der Waals surface area contributed by atoms with E-state index in [-0.39, 0.29) is 6.04 Å². The van der Waals surface area contributed by atoms with Crippen molar-refractivity contribution in [3.8, 4) is 0 Å². The summed E-state index contributed by atoms with van der Waals surface area (Å²) in [6, 6.07) is 0.269. The van der Waals surface area contributed by atoms with E-state index in [1.165, 1.54) is 57.8 Å². The van der Waals surface area contributed by atoms with E-state index in [0.29, 0.717) is 23.7 Å². The monoisotopic (exact) mass is 292 g/mol. The number of likely N-dealkylation sites (tertiary alicyclic amines) is 1. The Morgan fingerprint density at radius 2 is 1.71 bits per heavy atom. The van der Waals surface area contributed by atoms with Gasteiger partial charge in [-0.2, -0.15) is 0 Å². The van der Waals surface area contributed by atoms with Gasteiger partial charge in [-0.3, -0.25) is 4.79 Å². The third kappa shape index (κ3) is 3.61. The standard InChI is InChI=1S/C18H32N2O/c19-16-8-5-7-15(16)13-17(21)20-12-6-11-18(14-20)9-3-1-2-4-10-18/h15-16H,1-14,19H2/t15-,16+/m0/s1. The normalized spacial score (nSPS) is 33.1. The van der Waals surface area contributed by atoms with Gasteiger partial charge < -0.3 is 10.6 Å². The second-order valence-electron chi connectivity index (χ2n) is 7.89. The van der Waals surface area contributed by atoms with Gasteiger partial charge >= 0.3 is 0 Å². The minimum Gasteiger partial charge on any atom is -0.342 e. The van der Waals surface area contributed by atoms with Crippen molar-refractivity contribution in [2.24, 2.45) is 17.1 Å². The number of carbonyl (C=O) groups excluding carboxylic acids is 1. The largest absolute Gasteiger partial charge is 0.342 e. The molecule has 3 rings (SSSR count). The molecule has 2 atom stereocenters. The number of hydrogen-bond acceptors (Lipinski definition) is 2. The second kappa shape index (κ2) is 6.68. The summed E-state index contributed by atoms with van der Waals surface area (Å²) in [5.41, 5.74) is 6.60. The first-order chi connectivity index (χ1) is 10.2. The molecule has 2 aliphatic carbocycles. The van der Waals surface area contributed by atoms with Crippen molar-refractivity contribution in [2.45, 2.75) is 83.1 Å². The summed E-state index contributed by atoms with van der Waals surface area (Å²) in [6.07, 6.45) is 15.0. The number of hydrogen-bond donors (Lipinski definition) is 1. The molecular formula is C18H32N2O. The van der Waals surface area contributed by atoms with E-state index >= 15 is 0 Å². The number of nitrogens with two attached hydrogens (primary N) is 1. The fourth-order valence-corrected chi connectivity index (χ4v) is 4.98. The Kier molecular flexibility index (Phi) is 4.88. The highest BCUT2D eigenvalue weighted by molar-refractivity contribution is 5.76. The minimum absolute atomic E-state index is 0.269. The van der Waals surface area contributed by atoms with Crippen LogP contribution in [0.4, 0.5) is 0 Å². The zero-order chi connectivity index (χ0) is 14.7. The van der Waals surface area contributed by atoms with Gasteiger partial charge in [0.05, 0.1) is 0 Å². The average Bonchev–Trinajstić information content (AvgIpc) is 2.75. The van der Waals surface area contributed by atoms with E-state index in [9.17, 15) is 4.79 Å². The van der Waals surface area contributed by atoms with Crippen LogP contribution in [0, 0.1) is 11.3 Å². The van der Waals surface area contributed by atoms with E-state index < -0.39 is 0 Å². The van der Waals surface area contributed by atoms with Gasteiger partial charge in [-0.15, -0.1) is 0 Å². The fourth-order valence-electron chi connectivity index (χ4n) is 4.98. The van der Waals surface area contributed by atoms with Crippen molar-refractivity contribution in [3.05, 3.63) is 0 Å². The molecule has 3 heteroatoms. The van der Waals surface area contributed by atoms with Gasteiger partial charge in [0.25, 0.3) is 0 Å². The van der Waals surface area contributed by atoms with Crippen molar-refractivity contribution < 1.29 is 4.79 Å². The van der Waals surface area contributed by atoms with E-state index in [4.69, 9.17) is 5.73 Å². The Bertz CT molecular complexity index is 360. The van der Waals surface area contributed by atoms with Crippen molar-refractivity contribution in [2.75, 3.05) is 13.1 Å². The molecule has 2 N–H and O–H groups in total. The predicted molar refractivity (Wildman–Crippen MR) is 85.9 cm³/mol. The molecule has 1 saturated heterocycles. The summed E-state index contributed by atoms with van der Waals surface area (Å²) >= 11 is 0. The van der Waals surface area contributed by atoms with Crippen LogP contribution >= 0.6 is 0 Å². The van der Waals surface area contributed by atoms with Gasteiger partial charge in [0.15, 0.2) is 0 Å². The number of piperidine rings is 1. The molecule has 3 nitrogen and oxygen atoms in total. The molecule has 3 fully saturated rings. The van der Waals surface area contributed by atoms with Crippen molar-refractivity contribution in [1.29, 1.82) is 0 Å². The number of rotatable bonds is 2. The molecule has 0 bridgehead atoms. The van der Waals surface area contributed by atoms with Gasteiger partial charge in [0.1, 0.15) is 0 Å². The maximum Gasteiger partial charge on any atom is 0.222 e. The first kappa shape index (κ1) is 15.3. The maximum atomic E-state index is 12.7. The van der Waals surface area contributed by atoms with Crippen LogP contribution in [0.1, 0.15) is 77.0 Å². The lowest BCUT2D eigenvalue weighted by Crippen LogP contribution is -2.46. The Hall–Kier alpha value is -0.570. The topological polar surface area (TPSA) is 46.3 Å². The molecule has 0 aromatic heterocycles. The molecular weight excluding hydrogens is 260 g/mol. The first-order valence-electron chi connectivity index (χ1n) is 9.22. The van der Waals surface area contributed by atoms with Crippen molar-refractivity contribution in [1.82, 2.24) is 4.90 Å². The van der Waals surface area contributed by atoms with Gasteiger partial charge in [0, 0.05) is 25.6 Å². The molecule has 0 unspecified atom stereocenters. The highest BCUT2D eigenvalue weighted by Gasteiger charge is 2.38. The second-order valence-corrected chi connectivity index (χ2v) is 7.89. The van der Waals surface area contributed by atoms with Gasteiger partial charge in [0.2, 0.25) is 5.91 Å². The summed E-state index contributed by atoms with van der Waals surface area (Å²) in [5.74, 6) is 0.838. The molecule has 120 valence electrons. The first-order valence-corrected chi connectivity index (χ1v) is 9.22. The highest BCUT2D eigenvalue weighted by atomic mass is 16.2. The summed E-state index contributed by atoms with van der Waals surface area (Å²) in [4.78, 5) is 14.9. The highest BCUT2D eigenvalue weighted by Crippen LogP contribution is 2.42. The third-order valence-corrected chi connectivity index (χ3v) is 6.33. The van der Waals surface area contributed by atoms with Crippen LogP contribution < -0.4 is 5.73 Å². The zero-order valence-corrected chi connectivity index (χ0v) is 13.5. The Labute approximate surface area is 129 Å². The summed E-state index contributed by atoms with van der Waals surface area (Å²) in [5, 5.41) is 0. The maximum absolute atomic E-state index is 12.7. The summed E-state index contributed by atoms with van der Waals surface area (Å²) < 4.78 is 0. The third-order valence-electron chi connectivity index (χ3n) is 6.33. The van der Waals surface area contributed by atoms with Crippen molar-refractivity contribution >= 4 is 5.91 Å².